The summed E-state index contributed by atoms with van der Waals surface area (Å²) < 4.78 is 0. The van der Waals surface area contributed by atoms with Gasteiger partial charge in [0, 0.05) is 25.6 Å². The van der Waals surface area contributed by atoms with E-state index in [0.29, 0.717) is 18.2 Å². The van der Waals surface area contributed by atoms with Crippen molar-refractivity contribution in [2.24, 2.45) is 11.7 Å². The Hall–Kier alpha value is -0.830. The van der Waals surface area contributed by atoms with E-state index in [1.165, 1.54) is 0 Å². The number of hydrogen-bond donors (Lipinski definition) is 1. The predicted octanol–water partition coefficient (Wildman–Crippen LogP) is 1.29. The molecule has 1 fully saturated rings. The van der Waals surface area contributed by atoms with Gasteiger partial charge >= 0.3 is 0 Å². The number of rotatable bonds is 2. The molecular formula is C12H20N2O. The predicted molar refractivity (Wildman–Crippen MR) is 60.3 cm³/mol. The normalized spacial score (nSPS) is 30.9. The minimum absolute atomic E-state index is 0.196. The molecule has 2 atom stereocenters. The molecule has 3 nitrogen and oxygen atoms in total. The van der Waals surface area contributed by atoms with Crippen molar-refractivity contribution in [2.45, 2.75) is 38.1 Å². The zero-order valence-electron chi connectivity index (χ0n) is 9.19. The monoisotopic (exact) mass is 208 g/mol. The number of amides is 1. The molecule has 0 spiro atoms. The smallest absolute Gasteiger partial charge is 0.223 e. The van der Waals surface area contributed by atoms with Crippen LogP contribution in [0.1, 0.15) is 32.1 Å². The van der Waals surface area contributed by atoms with Gasteiger partial charge < -0.3 is 10.6 Å². The summed E-state index contributed by atoms with van der Waals surface area (Å²) in [5.74, 6) is 0.775. The molecule has 1 amide bonds. The van der Waals surface area contributed by atoms with Gasteiger partial charge in [-0.3, -0.25) is 4.79 Å². The Morgan fingerprint density at radius 1 is 1.47 bits per heavy atom. The van der Waals surface area contributed by atoms with Gasteiger partial charge in [-0.1, -0.05) is 12.2 Å². The summed E-state index contributed by atoms with van der Waals surface area (Å²) in [5, 5.41) is 0. The Kier molecular flexibility index (Phi) is 3.41. The van der Waals surface area contributed by atoms with Crippen molar-refractivity contribution in [1.82, 2.24) is 4.90 Å². The Morgan fingerprint density at radius 3 is 3.00 bits per heavy atom. The molecule has 1 aliphatic carbocycles. The van der Waals surface area contributed by atoms with Crippen molar-refractivity contribution in [3.8, 4) is 0 Å². The highest BCUT2D eigenvalue weighted by molar-refractivity contribution is 5.76. The van der Waals surface area contributed by atoms with Gasteiger partial charge in [0.1, 0.15) is 0 Å². The van der Waals surface area contributed by atoms with E-state index in [4.69, 9.17) is 5.73 Å². The van der Waals surface area contributed by atoms with Crippen LogP contribution in [-0.4, -0.2) is 29.9 Å². The Labute approximate surface area is 91.3 Å². The maximum atomic E-state index is 11.9. The first-order valence-electron chi connectivity index (χ1n) is 5.95. The van der Waals surface area contributed by atoms with Crippen LogP contribution in [0.4, 0.5) is 0 Å². The van der Waals surface area contributed by atoms with Crippen molar-refractivity contribution in [2.75, 3.05) is 13.1 Å². The summed E-state index contributed by atoms with van der Waals surface area (Å²) in [6.45, 7) is 1.66. The second-order valence-electron chi connectivity index (χ2n) is 4.71. The number of carbonyl (C=O) groups is 1. The van der Waals surface area contributed by atoms with Crippen LogP contribution < -0.4 is 5.73 Å². The number of nitrogens with zero attached hydrogens (tertiary/aromatic N) is 1. The van der Waals surface area contributed by atoms with Crippen LogP contribution >= 0.6 is 0 Å². The second kappa shape index (κ2) is 4.79. The van der Waals surface area contributed by atoms with Crippen LogP contribution in [0, 0.1) is 5.92 Å². The molecule has 15 heavy (non-hydrogen) atoms. The molecule has 0 aromatic heterocycles. The lowest BCUT2D eigenvalue weighted by atomic mass is 10.0. The molecule has 1 aliphatic heterocycles. The van der Waals surface area contributed by atoms with E-state index in [1.54, 1.807) is 0 Å². The molecule has 0 bridgehead atoms. The largest absolute Gasteiger partial charge is 0.341 e. The lowest BCUT2D eigenvalue weighted by Gasteiger charge is -2.31. The van der Waals surface area contributed by atoms with Crippen molar-refractivity contribution < 1.29 is 4.79 Å². The van der Waals surface area contributed by atoms with Gasteiger partial charge in [0.15, 0.2) is 0 Å². The lowest BCUT2D eigenvalue weighted by Crippen LogP contribution is -2.46. The van der Waals surface area contributed by atoms with E-state index in [1.807, 2.05) is 4.90 Å². The van der Waals surface area contributed by atoms with Crippen molar-refractivity contribution in [1.29, 1.82) is 0 Å². The highest BCUT2D eigenvalue weighted by atomic mass is 16.2. The number of likely N-dealkylation sites (tertiary alicyclic amines) is 1. The second-order valence-corrected chi connectivity index (χ2v) is 4.71. The quantitative estimate of drug-likeness (QED) is 0.695. The zero-order chi connectivity index (χ0) is 10.7. The van der Waals surface area contributed by atoms with Crippen molar-refractivity contribution in [3.63, 3.8) is 0 Å². The minimum Gasteiger partial charge on any atom is -0.341 e. The first-order chi connectivity index (χ1) is 7.25. The summed E-state index contributed by atoms with van der Waals surface area (Å²) in [7, 11) is 0. The molecule has 0 aromatic rings. The fourth-order valence-electron chi connectivity index (χ4n) is 2.46. The maximum absolute atomic E-state index is 11.9. The zero-order valence-corrected chi connectivity index (χ0v) is 9.19. The average molecular weight is 208 g/mol. The number of allylic oxidation sites excluding steroid dienone is 2. The fourth-order valence-corrected chi connectivity index (χ4v) is 2.46. The van der Waals surface area contributed by atoms with E-state index < -0.39 is 0 Å². The van der Waals surface area contributed by atoms with E-state index in [-0.39, 0.29) is 6.04 Å². The molecule has 2 unspecified atom stereocenters. The van der Waals surface area contributed by atoms with E-state index in [0.717, 1.165) is 38.8 Å². The van der Waals surface area contributed by atoms with Crippen molar-refractivity contribution in [3.05, 3.63) is 12.2 Å². The van der Waals surface area contributed by atoms with Crippen LogP contribution in [0.5, 0.6) is 0 Å². The molecule has 0 saturated carbocycles. The van der Waals surface area contributed by atoms with Gasteiger partial charge in [-0.2, -0.15) is 0 Å². The van der Waals surface area contributed by atoms with Gasteiger partial charge in [0.25, 0.3) is 0 Å². The summed E-state index contributed by atoms with van der Waals surface area (Å²) >= 11 is 0. The van der Waals surface area contributed by atoms with Gasteiger partial charge in [0.05, 0.1) is 0 Å². The molecular weight excluding hydrogens is 188 g/mol. The molecule has 0 radical (unpaired) electrons. The third kappa shape index (κ3) is 2.81. The van der Waals surface area contributed by atoms with Gasteiger partial charge in [-0.15, -0.1) is 0 Å². The minimum atomic E-state index is 0.196. The first kappa shape index (κ1) is 10.7. The van der Waals surface area contributed by atoms with Crippen LogP contribution in [0.2, 0.25) is 0 Å². The number of hydrogen-bond acceptors (Lipinski definition) is 2. The highest BCUT2D eigenvalue weighted by Gasteiger charge is 2.23. The molecule has 0 aromatic carbocycles. The molecule has 1 heterocycles. The van der Waals surface area contributed by atoms with Crippen LogP contribution in [0.25, 0.3) is 0 Å². The summed E-state index contributed by atoms with van der Waals surface area (Å²) in [6.07, 6.45) is 9.45. The summed E-state index contributed by atoms with van der Waals surface area (Å²) in [5.41, 5.74) is 5.86. The topological polar surface area (TPSA) is 46.3 Å². The average Bonchev–Trinajstić information content (AvgIpc) is 2.70. The van der Waals surface area contributed by atoms with Gasteiger partial charge in [-0.25, -0.2) is 0 Å². The van der Waals surface area contributed by atoms with Crippen LogP contribution in [0.15, 0.2) is 12.2 Å². The van der Waals surface area contributed by atoms with E-state index in [9.17, 15) is 4.79 Å². The van der Waals surface area contributed by atoms with E-state index >= 15 is 0 Å². The molecule has 1 saturated heterocycles. The number of carbonyl (C=O) groups excluding carboxylic acids is 1. The van der Waals surface area contributed by atoms with Gasteiger partial charge in [0.2, 0.25) is 5.91 Å². The van der Waals surface area contributed by atoms with Crippen molar-refractivity contribution >= 4 is 5.91 Å². The van der Waals surface area contributed by atoms with Crippen LogP contribution in [-0.2, 0) is 4.79 Å². The Bertz CT molecular complexity index is 262. The van der Waals surface area contributed by atoms with E-state index in [2.05, 4.69) is 12.2 Å². The molecule has 84 valence electrons. The molecule has 2 N–H and O–H groups in total. The summed E-state index contributed by atoms with van der Waals surface area (Å²) in [6, 6.07) is 0.196. The Balaban J connectivity index is 1.81. The molecule has 2 aliphatic rings. The standard InChI is InChI=1S/C12H20N2O/c13-11-6-3-7-14(9-11)12(15)8-10-4-1-2-5-10/h1,4,10-11H,2-3,5-9,13H2. The fraction of sp³-hybridized carbons (Fsp3) is 0.750. The molecule has 3 heteroatoms. The highest BCUT2D eigenvalue weighted by Crippen LogP contribution is 2.22. The van der Waals surface area contributed by atoms with Gasteiger partial charge in [-0.05, 0) is 31.6 Å². The maximum Gasteiger partial charge on any atom is 0.223 e. The van der Waals surface area contributed by atoms with Crippen LogP contribution in [0.3, 0.4) is 0 Å². The number of piperidine rings is 1. The molecule has 2 rings (SSSR count). The third-order valence-corrected chi connectivity index (χ3v) is 3.36. The third-order valence-electron chi connectivity index (χ3n) is 3.36. The Morgan fingerprint density at radius 2 is 2.33 bits per heavy atom. The first-order valence-corrected chi connectivity index (χ1v) is 5.95. The SMILES string of the molecule is NC1CCCN(C(=O)CC2C=CCC2)C1. The lowest BCUT2D eigenvalue weighted by molar-refractivity contribution is -0.133. The number of nitrogens with two attached hydrogens (primary N) is 1. The summed E-state index contributed by atoms with van der Waals surface area (Å²) in [4.78, 5) is 13.9.